The van der Waals surface area contributed by atoms with E-state index in [1.165, 1.54) is 22.9 Å². The summed E-state index contributed by atoms with van der Waals surface area (Å²) < 4.78 is 7.02. The van der Waals surface area contributed by atoms with Crippen molar-refractivity contribution in [1.29, 1.82) is 0 Å². The summed E-state index contributed by atoms with van der Waals surface area (Å²) in [6.45, 7) is 1.64. The number of para-hydroxylation sites is 1. The van der Waals surface area contributed by atoms with Crippen molar-refractivity contribution < 1.29 is 9.53 Å². The Balaban J connectivity index is 1.67. The summed E-state index contributed by atoms with van der Waals surface area (Å²) in [5.74, 6) is 1.09. The van der Waals surface area contributed by atoms with E-state index in [0.29, 0.717) is 17.1 Å². The van der Waals surface area contributed by atoms with Gasteiger partial charge in [-0.1, -0.05) is 18.2 Å². The highest BCUT2D eigenvalue weighted by molar-refractivity contribution is 5.93. The van der Waals surface area contributed by atoms with Gasteiger partial charge in [0.05, 0.1) is 0 Å². The molecule has 0 radical (unpaired) electrons. The molecule has 26 heavy (non-hydrogen) atoms. The molecule has 6 heteroatoms. The first-order valence-corrected chi connectivity index (χ1v) is 8.14. The first-order chi connectivity index (χ1) is 12.5. The van der Waals surface area contributed by atoms with E-state index in [0.717, 1.165) is 5.75 Å². The fourth-order valence-electron chi connectivity index (χ4n) is 2.43. The zero-order valence-corrected chi connectivity index (χ0v) is 14.3. The number of aromatic nitrogens is 1. The van der Waals surface area contributed by atoms with Crippen LogP contribution in [0.1, 0.15) is 13.0 Å². The zero-order chi connectivity index (χ0) is 18.5. The predicted molar refractivity (Wildman–Crippen MR) is 101 cm³/mol. The third-order valence-electron chi connectivity index (χ3n) is 3.86. The predicted octanol–water partition coefficient (Wildman–Crippen LogP) is 3.42. The molecule has 0 saturated heterocycles. The molecule has 0 fully saturated rings. The van der Waals surface area contributed by atoms with Crippen LogP contribution >= 0.6 is 0 Å². The summed E-state index contributed by atoms with van der Waals surface area (Å²) >= 11 is 0. The van der Waals surface area contributed by atoms with Gasteiger partial charge < -0.3 is 20.4 Å². The van der Waals surface area contributed by atoms with E-state index in [4.69, 9.17) is 10.5 Å². The van der Waals surface area contributed by atoms with Crippen LogP contribution in [0.2, 0.25) is 0 Å². The summed E-state index contributed by atoms with van der Waals surface area (Å²) in [5.41, 5.74) is 6.44. The van der Waals surface area contributed by atoms with Crippen molar-refractivity contribution >= 4 is 17.3 Å². The summed E-state index contributed by atoms with van der Waals surface area (Å²) in [6.07, 6.45) is 1.46. The molecule has 1 unspecified atom stereocenters. The van der Waals surface area contributed by atoms with Crippen molar-refractivity contribution in [1.82, 2.24) is 4.57 Å². The molecule has 0 aliphatic rings. The van der Waals surface area contributed by atoms with Crippen molar-refractivity contribution in [3.05, 3.63) is 83.3 Å². The van der Waals surface area contributed by atoms with Crippen molar-refractivity contribution in [2.24, 2.45) is 0 Å². The number of nitrogens with two attached hydrogens (primary N) is 1. The van der Waals surface area contributed by atoms with Crippen molar-refractivity contribution in [3.8, 4) is 11.5 Å². The third kappa shape index (κ3) is 4.10. The van der Waals surface area contributed by atoms with E-state index in [9.17, 15) is 9.59 Å². The number of nitrogens with one attached hydrogen (secondary N) is 1. The summed E-state index contributed by atoms with van der Waals surface area (Å²) in [5, 5.41) is 2.78. The average molecular weight is 349 g/mol. The van der Waals surface area contributed by atoms with Crippen LogP contribution in [0.25, 0.3) is 0 Å². The molecular weight excluding hydrogens is 330 g/mol. The number of carbonyl (C=O) groups is 1. The van der Waals surface area contributed by atoms with E-state index in [2.05, 4.69) is 5.32 Å². The van der Waals surface area contributed by atoms with Crippen LogP contribution in [0.15, 0.2) is 77.7 Å². The van der Waals surface area contributed by atoms with Crippen molar-refractivity contribution in [3.63, 3.8) is 0 Å². The maximum atomic E-state index is 12.4. The van der Waals surface area contributed by atoms with Gasteiger partial charge in [-0.25, -0.2) is 0 Å². The van der Waals surface area contributed by atoms with Crippen molar-refractivity contribution in [2.75, 3.05) is 11.1 Å². The number of pyridine rings is 1. The van der Waals surface area contributed by atoms with Gasteiger partial charge in [-0.05, 0) is 49.4 Å². The molecule has 0 saturated carbocycles. The Morgan fingerprint density at radius 3 is 2.35 bits per heavy atom. The van der Waals surface area contributed by atoms with Crippen LogP contribution in [-0.4, -0.2) is 10.5 Å². The molecule has 3 aromatic rings. The highest BCUT2D eigenvalue weighted by Gasteiger charge is 2.16. The lowest BCUT2D eigenvalue weighted by molar-refractivity contribution is -0.118. The minimum absolute atomic E-state index is 0.284. The quantitative estimate of drug-likeness (QED) is 0.739. The van der Waals surface area contributed by atoms with E-state index in [-0.39, 0.29) is 11.5 Å². The third-order valence-corrected chi connectivity index (χ3v) is 3.86. The first-order valence-electron chi connectivity index (χ1n) is 8.14. The molecular formula is C20H19N3O3. The van der Waals surface area contributed by atoms with Crippen LogP contribution in [0, 0.1) is 0 Å². The number of amides is 1. The molecule has 6 nitrogen and oxygen atoms in total. The Bertz CT molecular complexity index is 950. The number of nitrogens with zero attached hydrogens (tertiary/aromatic N) is 1. The van der Waals surface area contributed by atoms with E-state index in [1.54, 1.807) is 31.2 Å². The molecule has 1 amide bonds. The van der Waals surface area contributed by atoms with Gasteiger partial charge in [-0.15, -0.1) is 0 Å². The topological polar surface area (TPSA) is 86.3 Å². The molecule has 0 bridgehead atoms. The Kier molecular flexibility index (Phi) is 5.03. The molecule has 3 rings (SSSR count). The maximum absolute atomic E-state index is 12.4. The molecule has 3 N–H and O–H groups in total. The Labute approximate surface area is 150 Å². The van der Waals surface area contributed by atoms with Crippen LogP contribution in [-0.2, 0) is 4.79 Å². The number of rotatable bonds is 5. The molecule has 0 spiro atoms. The van der Waals surface area contributed by atoms with Crippen LogP contribution in [0.5, 0.6) is 11.5 Å². The standard InChI is InChI=1S/C20H19N3O3/c1-14(23-13-15(21)7-12-19(23)24)20(25)22-16-8-10-18(11-9-16)26-17-5-3-2-4-6-17/h2-14H,21H2,1H3,(H,22,25). The Morgan fingerprint density at radius 1 is 1.00 bits per heavy atom. The van der Waals surface area contributed by atoms with E-state index >= 15 is 0 Å². The van der Waals surface area contributed by atoms with Gasteiger partial charge in [0.25, 0.3) is 5.56 Å². The second kappa shape index (κ2) is 7.57. The first kappa shape index (κ1) is 17.3. The number of carbonyl (C=O) groups excluding carboxylic acids is 1. The van der Waals surface area contributed by atoms with Gasteiger partial charge in [0.15, 0.2) is 0 Å². The number of anilines is 2. The smallest absolute Gasteiger partial charge is 0.251 e. The molecule has 132 valence electrons. The second-order valence-corrected chi connectivity index (χ2v) is 5.81. The number of nitrogen functional groups attached to an aromatic ring is 1. The minimum Gasteiger partial charge on any atom is -0.457 e. The van der Waals surface area contributed by atoms with Gasteiger partial charge in [-0.3, -0.25) is 9.59 Å². The van der Waals surface area contributed by atoms with Crippen LogP contribution in [0.4, 0.5) is 11.4 Å². The maximum Gasteiger partial charge on any atom is 0.251 e. The lowest BCUT2D eigenvalue weighted by Gasteiger charge is -2.15. The molecule has 1 heterocycles. The van der Waals surface area contributed by atoms with Gasteiger partial charge in [0.2, 0.25) is 5.91 Å². The molecule has 2 aromatic carbocycles. The van der Waals surface area contributed by atoms with Crippen LogP contribution in [0.3, 0.4) is 0 Å². The lowest BCUT2D eigenvalue weighted by Crippen LogP contribution is -2.31. The van der Waals surface area contributed by atoms with Gasteiger partial charge in [-0.2, -0.15) is 0 Å². The summed E-state index contributed by atoms with van der Waals surface area (Å²) in [6, 6.07) is 18.6. The van der Waals surface area contributed by atoms with Gasteiger partial charge in [0, 0.05) is 23.6 Å². The lowest BCUT2D eigenvalue weighted by atomic mass is 10.2. The van der Waals surface area contributed by atoms with Gasteiger partial charge in [0.1, 0.15) is 17.5 Å². The molecule has 0 aliphatic heterocycles. The number of hydrogen-bond acceptors (Lipinski definition) is 4. The molecule has 0 aliphatic carbocycles. The van der Waals surface area contributed by atoms with Crippen molar-refractivity contribution in [2.45, 2.75) is 13.0 Å². The average Bonchev–Trinajstić information content (AvgIpc) is 2.65. The highest BCUT2D eigenvalue weighted by atomic mass is 16.5. The van der Waals surface area contributed by atoms with Gasteiger partial charge >= 0.3 is 0 Å². The second-order valence-electron chi connectivity index (χ2n) is 5.81. The normalized spacial score (nSPS) is 11.6. The Hall–Kier alpha value is -3.54. The molecule has 1 aromatic heterocycles. The largest absolute Gasteiger partial charge is 0.457 e. The number of ether oxygens (including phenoxy) is 1. The number of hydrogen-bond donors (Lipinski definition) is 2. The monoisotopic (exact) mass is 349 g/mol. The van der Waals surface area contributed by atoms with Crippen LogP contribution < -0.4 is 21.3 Å². The highest BCUT2D eigenvalue weighted by Crippen LogP contribution is 2.23. The van der Waals surface area contributed by atoms with E-state index < -0.39 is 6.04 Å². The summed E-state index contributed by atoms with van der Waals surface area (Å²) in [7, 11) is 0. The molecule has 1 atom stereocenters. The SMILES string of the molecule is CC(C(=O)Nc1ccc(Oc2ccccc2)cc1)n1cc(N)ccc1=O. The number of benzene rings is 2. The fourth-order valence-corrected chi connectivity index (χ4v) is 2.43. The fraction of sp³-hybridized carbons (Fsp3) is 0.100. The minimum atomic E-state index is -0.689. The Morgan fingerprint density at radius 2 is 1.65 bits per heavy atom. The summed E-state index contributed by atoms with van der Waals surface area (Å²) in [4.78, 5) is 24.3. The zero-order valence-electron chi connectivity index (χ0n) is 14.3. The van der Waals surface area contributed by atoms with E-state index in [1.807, 2.05) is 30.3 Å².